The second-order valence-corrected chi connectivity index (χ2v) is 11.1. The highest BCUT2D eigenvalue weighted by molar-refractivity contribution is 7.99. The fourth-order valence-corrected chi connectivity index (χ4v) is 4.72. The molecule has 1 unspecified atom stereocenters. The Morgan fingerprint density at radius 3 is 2.07 bits per heavy atom. The molecule has 0 fully saturated rings. The Labute approximate surface area is 269 Å². The molecule has 0 aliphatic rings. The lowest BCUT2D eigenvalue weighted by Crippen LogP contribution is -2.49. The third-order valence-corrected chi connectivity index (χ3v) is 7.28. The minimum Gasteiger partial charge on any atom is -0.481 e. The van der Waals surface area contributed by atoms with Gasteiger partial charge in [0.25, 0.3) is 0 Å². The number of nitrogens with zero attached hydrogens (tertiary/aromatic N) is 1. The molecule has 0 saturated carbocycles. The summed E-state index contributed by atoms with van der Waals surface area (Å²) in [5, 5.41) is 25.5. The van der Waals surface area contributed by atoms with Gasteiger partial charge in [-0.05, 0) is 47.4 Å². The van der Waals surface area contributed by atoms with Crippen molar-refractivity contribution in [2.75, 3.05) is 23.4 Å². The topological polar surface area (TPSA) is 158 Å². The monoisotopic (exact) mass is 662 g/mol. The fourth-order valence-electron chi connectivity index (χ4n) is 4.02. The van der Waals surface area contributed by atoms with Gasteiger partial charge < -0.3 is 26.2 Å². The van der Waals surface area contributed by atoms with Gasteiger partial charge in [-0.2, -0.15) is 24.9 Å². The molecule has 0 bridgehead atoms. The molecule has 0 spiro atoms. The lowest BCUT2D eigenvalue weighted by atomic mass is 9.99. The van der Waals surface area contributed by atoms with Crippen molar-refractivity contribution in [2.24, 2.45) is 0 Å². The number of anilines is 1. The maximum Gasteiger partial charge on any atom is 0.490 e. The largest absolute Gasteiger partial charge is 0.490 e. The number of carboxylic acids is 2. The number of unbranched alkanes of at least 4 members (excludes halogenated alkanes) is 1. The minimum absolute atomic E-state index is 0.202. The van der Waals surface area contributed by atoms with Gasteiger partial charge in [0.15, 0.2) is 0 Å². The van der Waals surface area contributed by atoms with Crippen molar-refractivity contribution < 1.29 is 42.6 Å². The van der Waals surface area contributed by atoms with E-state index in [1.165, 1.54) is 0 Å². The predicted octanol–water partition coefficient (Wildman–Crippen LogP) is 5.53. The van der Waals surface area contributed by atoms with Crippen molar-refractivity contribution in [1.29, 1.82) is 0 Å². The van der Waals surface area contributed by atoms with E-state index in [4.69, 9.17) is 9.90 Å². The van der Waals surface area contributed by atoms with Crippen LogP contribution in [0, 0.1) is 0 Å². The van der Waals surface area contributed by atoms with Gasteiger partial charge in [0.1, 0.15) is 11.9 Å². The number of hydrogen-bond acceptors (Lipinski definition) is 7. The molecule has 248 valence electrons. The van der Waals surface area contributed by atoms with Crippen LogP contribution in [0.5, 0.6) is 0 Å². The summed E-state index contributed by atoms with van der Waals surface area (Å²) < 4.78 is 31.7. The molecule has 0 aliphatic carbocycles. The van der Waals surface area contributed by atoms with E-state index in [0.29, 0.717) is 30.7 Å². The van der Waals surface area contributed by atoms with E-state index in [9.17, 15) is 32.7 Å². The Morgan fingerprint density at radius 1 is 0.870 bits per heavy atom. The van der Waals surface area contributed by atoms with Gasteiger partial charge in [0.05, 0.1) is 12.5 Å². The van der Waals surface area contributed by atoms with E-state index >= 15 is 0 Å². The molecule has 3 rings (SSSR count). The van der Waals surface area contributed by atoms with Gasteiger partial charge in [-0.3, -0.25) is 14.4 Å². The number of aliphatic carboxylic acids is 2. The summed E-state index contributed by atoms with van der Waals surface area (Å²) in [6.07, 6.45) is -1.89. The van der Waals surface area contributed by atoms with Crippen LogP contribution in [0.3, 0.4) is 0 Å². The van der Waals surface area contributed by atoms with Crippen LogP contribution in [0.25, 0.3) is 11.1 Å². The molecule has 1 heterocycles. The summed E-state index contributed by atoms with van der Waals surface area (Å²) in [5.74, 6) is -2.38. The Morgan fingerprint density at radius 2 is 1.50 bits per heavy atom. The van der Waals surface area contributed by atoms with E-state index in [1.807, 2.05) is 79.7 Å². The molecule has 2 aromatic carbocycles. The summed E-state index contributed by atoms with van der Waals surface area (Å²) in [4.78, 5) is 50.6. The number of nitrogens with one attached hydrogen (secondary N) is 3. The number of amides is 2. The highest BCUT2D eigenvalue weighted by Crippen LogP contribution is 2.24. The molecule has 1 aromatic heterocycles. The zero-order valence-corrected chi connectivity index (χ0v) is 25.9. The van der Waals surface area contributed by atoms with Crippen LogP contribution in [0.15, 0.2) is 79.0 Å². The first-order valence-electron chi connectivity index (χ1n) is 14.4. The highest BCUT2D eigenvalue weighted by atomic mass is 32.2. The average molecular weight is 663 g/mol. The van der Waals surface area contributed by atoms with E-state index in [2.05, 4.69) is 20.9 Å². The minimum atomic E-state index is -5.08. The van der Waals surface area contributed by atoms with Crippen molar-refractivity contribution in [1.82, 2.24) is 15.6 Å². The molecule has 0 aliphatic heterocycles. The van der Waals surface area contributed by atoms with Crippen molar-refractivity contribution in [2.45, 2.75) is 50.9 Å². The van der Waals surface area contributed by atoms with Gasteiger partial charge in [0.2, 0.25) is 11.8 Å². The Hall–Kier alpha value is -4.59. The van der Waals surface area contributed by atoms with Crippen molar-refractivity contribution in [3.63, 3.8) is 0 Å². The van der Waals surface area contributed by atoms with Crippen molar-refractivity contribution in [3.8, 4) is 11.1 Å². The van der Waals surface area contributed by atoms with Crippen molar-refractivity contribution in [3.05, 3.63) is 84.6 Å². The maximum atomic E-state index is 13.2. The lowest BCUT2D eigenvalue weighted by Gasteiger charge is -2.23. The number of hydrogen-bond donors (Lipinski definition) is 5. The molecular weight excluding hydrogens is 625 g/mol. The summed E-state index contributed by atoms with van der Waals surface area (Å²) >= 11 is 1.54. The average Bonchev–Trinajstić information content (AvgIpc) is 3.03. The zero-order chi connectivity index (χ0) is 34.0. The molecule has 0 saturated heterocycles. The Kier molecular flexibility index (Phi) is 16.1. The van der Waals surface area contributed by atoms with Gasteiger partial charge >= 0.3 is 18.1 Å². The number of thioether (sulfide) groups is 1. The Bertz CT molecular complexity index is 1380. The van der Waals surface area contributed by atoms with Crippen LogP contribution in [0.2, 0.25) is 0 Å². The van der Waals surface area contributed by atoms with E-state index < -0.39 is 30.2 Å². The SMILES string of the molecule is CCSC[C@@H](NC(=O)CCCCNc1ccccn1)C(=O)NC(CC(=O)O)c1ccc(-c2ccccc2)cc1.O=C(O)C(F)(F)F. The molecule has 2 amide bonds. The summed E-state index contributed by atoms with van der Waals surface area (Å²) in [6, 6.07) is 21.5. The normalized spacial score (nSPS) is 12.1. The van der Waals surface area contributed by atoms with Gasteiger partial charge in [0, 0.05) is 24.9 Å². The molecule has 14 heteroatoms. The quantitative estimate of drug-likeness (QED) is 0.124. The molecule has 5 N–H and O–H groups in total. The van der Waals surface area contributed by atoms with Crippen LogP contribution in [0.1, 0.15) is 44.2 Å². The molecule has 46 heavy (non-hydrogen) atoms. The third-order valence-electron chi connectivity index (χ3n) is 6.30. The van der Waals surface area contributed by atoms with Crippen LogP contribution in [-0.2, 0) is 19.2 Å². The zero-order valence-electron chi connectivity index (χ0n) is 25.1. The molecule has 2 atom stereocenters. The molecular formula is C32H37F3N4O6S. The van der Waals surface area contributed by atoms with E-state index in [0.717, 1.165) is 29.1 Å². The number of halogens is 3. The third kappa shape index (κ3) is 14.5. The van der Waals surface area contributed by atoms with Crippen molar-refractivity contribution >= 4 is 41.3 Å². The number of carbonyl (C=O) groups is 4. The first-order valence-corrected chi connectivity index (χ1v) is 15.6. The van der Waals surface area contributed by atoms with Gasteiger partial charge in [-0.25, -0.2) is 9.78 Å². The lowest BCUT2D eigenvalue weighted by molar-refractivity contribution is -0.192. The molecule has 10 nitrogen and oxygen atoms in total. The van der Waals surface area contributed by atoms with Crippen LogP contribution in [0.4, 0.5) is 19.0 Å². The van der Waals surface area contributed by atoms with Crippen LogP contribution < -0.4 is 16.0 Å². The molecule has 3 aromatic rings. The standard InChI is InChI=1S/C30H36N4O4S.C2HF3O2/c1-2-39-21-26(33-28(35)13-7-9-19-32-27-12-6-8-18-31-27)30(38)34-25(20-29(36)37)24-16-14-23(15-17-24)22-10-4-3-5-11-22;3-2(4,5)1(6)7/h3-6,8,10-12,14-18,25-26H,2,7,9,13,19-21H2,1H3,(H,31,32)(H,33,35)(H,34,38)(H,36,37);(H,6,7)/t25?,26-;/m1./s1. The fraction of sp³-hybridized carbons (Fsp3) is 0.344. The van der Waals surface area contributed by atoms with Gasteiger partial charge in [-0.1, -0.05) is 67.6 Å². The summed E-state index contributed by atoms with van der Waals surface area (Å²) in [6.45, 7) is 2.68. The highest BCUT2D eigenvalue weighted by Gasteiger charge is 2.38. The molecule has 0 radical (unpaired) electrons. The number of benzene rings is 2. The van der Waals surface area contributed by atoms with Crippen LogP contribution in [-0.4, -0.2) is 69.2 Å². The maximum absolute atomic E-state index is 13.2. The number of aromatic nitrogens is 1. The Balaban J connectivity index is 0.000000942. The number of pyridine rings is 1. The smallest absolute Gasteiger partial charge is 0.481 e. The van der Waals surface area contributed by atoms with E-state index in [1.54, 1.807) is 18.0 Å². The van der Waals surface area contributed by atoms with Crippen LogP contribution >= 0.6 is 11.8 Å². The van der Waals surface area contributed by atoms with Gasteiger partial charge in [-0.15, -0.1) is 0 Å². The number of carbonyl (C=O) groups excluding carboxylic acids is 2. The summed E-state index contributed by atoms with van der Waals surface area (Å²) in [7, 11) is 0. The predicted molar refractivity (Wildman–Crippen MR) is 170 cm³/mol. The number of rotatable bonds is 16. The first kappa shape index (κ1) is 37.6. The second kappa shape index (κ2) is 19.7. The number of alkyl halides is 3. The summed E-state index contributed by atoms with van der Waals surface area (Å²) in [5.41, 5.74) is 2.74. The number of carboxylic acid groups (broad SMARTS) is 2. The second-order valence-electron chi connectivity index (χ2n) is 9.83. The first-order chi connectivity index (χ1) is 21.9. The van der Waals surface area contributed by atoms with E-state index in [-0.39, 0.29) is 18.2 Å².